The first-order valence-corrected chi connectivity index (χ1v) is 6.59. The van der Waals surface area contributed by atoms with E-state index >= 15 is 0 Å². The first-order valence-electron chi connectivity index (χ1n) is 6.59. The Kier molecular flexibility index (Phi) is 3.30. The Balaban J connectivity index is 2.15. The van der Waals surface area contributed by atoms with Crippen molar-refractivity contribution in [1.29, 1.82) is 0 Å². The van der Waals surface area contributed by atoms with E-state index in [4.69, 9.17) is 11.5 Å². The molecular formula is C15H14N6O. The molecule has 0 spiro atoms. The van der Waals surface area contributed by atoms with Crippen molar-refractivity contribution >= 4 is 22.6 Å². The van der Waals surface area contributed by atoms with Gasteiger partial charge in [-0.3, -0.25) is 9.78 Å². The van der Waals surface area contributed by atoms with Crippen LogP contribution in [0.4, 0.5) is 0 Å². The van der Waals surface area contributed by atoms with Gasteiger partial charge in [0.05, 0.1) is 23.1 Å². The molecule has 0 fully saturated rings. The molecule has 0 aliphatic carbocycles. The molecule has 7 nitrogen and oxygen atoms in total. The van der Waals surface area contributed by atoms with Gasteiger partial charge in [-0.15, -0.1) is 0 Å². The molecule has 1 amide bonds. The molecule has 0 bridgehead atoms. The number of fused-ring (bicyclic) bond motifs is 1. The number of rotatable bonds is 2. The topological polar surface area (TPSA) is 112 Å². The molecule has 3 aromatic rings. The maximum atomic E-state index is 12.0. The third-order valence-corrected chi connectivity index (χ3v) is 3.36. The van der Waals surface area contributed by atoms with Crippen LogP contribution in [0.25, 0.3) is 16.5 Å². The minimum Gasteiger partial charge on any atom is -0.370 e. The van der Waals surface area contributed by atoms with Gasteiger partial charge in [0.1, 0.15) is 0 Å². The van der Waals surface area contributed by atoms with Gasteiger partial charge in [0.2, 0.25) is 0 Å². The summed E-state index contributed by atoms with van der Waals surface area (Å²) in [4.78, 5) is 19.6. The Morgan fingerprint density at radius 3 is 2.82 bits per heavy atom. The van der Waals surface area contributed by atoms with Crippen LogP contribution in [-0.4, -0.2) is 26.6 Å². The van der Waals surface area contributed by atoms with Crippen LogP contribution < -0.4 is 11.5 Å². The number of amides is 1. The molecule has 1 aromatic carbocycles. The van der Waals surface area contributed by atoms with Gasteiger partial charge in [-0.1, -0.05) is 12.1 Å². The van der Waals surface area contributed by atoms with Crippen molar-refractivity contribution in [2.75, 3.05) is 0 Å². The molecule has 0 unspecified atom stereocenters. The lowest BCUT2D eigenvalue weighted by Gasteiger charge is -2.08. The van der Waals surface area contributed by atoms with Gasteiger partial charge in [0, 0.05) is 23.2 Å². The van der Waals surface area contributed by atoms with Crippen LogP contribution >= 0.6 is 0 Å². The monoisotopic (exact) mass is 294 g/mol. The van der Waals surface area contributed by atoms with E-state index in [0.717, 1.165) is 16.5 Å². The van der Waals surface area contributed by atoms with Crippen molar-refractivity contribution in [3.63, 3.8) is 0 Å². The molecule has 3 rings (SSSR count). The van der Waals surface area contributed by atoms with Crippen molar-refractivity contribution in [3.8, 4) is 5.69 Å². The van der Waals surface area contributed by atoms with Crippen molar-refractivity contribution in [2.45, 2.75) is 6.92 Å². The number of aromatic nitrogens is 3. The lowest BCUT2D eigenvalue weighted by atomic mass is 10.1. The first-order chi connectivity index (χ1) is 10.6. The Bertz CT molecular complexity index is 887. The number of benzene rings is 1. The van der Waals surface area contributed by atoms with Crippen LogP contribution in [0.15, 0.2) is 47.8 Å². The van der Waals surface area contributed by atoms with Gasteiger partial charge < -0.3 is 11.5 Å². The highest BCUT2D eigenvalue weighted by molar-refractivity contribution is 6.02. The van der Waals surface area contributed by atoms with E-state index in [1.807, 2.05) is 24.3 Å². The Morgan fingerprint density at radius 1 is 1.23 bits per heavy atom. The molecule has 0 saturated heterocycles. The molecule has 2 heterocycles. The predicted molar refractivity (Wildman–Crippen MR) is 83.7 cm³/mol. The summed E-state index contributed by atoms with van der Waals surface area (Å²) in [5.41, 5.74) is 12.4. The van der Waals surface area contributed by atoms with Gasteiger partial charge in [-0.05, 0) is 19.1 Å². The third-order valence-electron chi connectivity index (χ3n) is 3.36. The van der Waals surface area contributed by atoms with Crippen molar-refractivity contribution < 1.29 is 4.79 Å². The van der Waals surface area contributed by atoms with Crippen LogP contribution in [0.1, 0.15) is 16.1 Å². The Labute approximate surface area is 126 Å². The summed E-state index contributed by atoms with van der Waals surface area (Å²) < 4.78 is 1.69. The minimum absolute atomic E-state index is 0.270. The number of carbonyl (C=O) groups excluding carboxylic acids is 1. The van der Waals surface area contributed by atoms with E-state index in [9.17, 15) is 4.79 Å². The number of guanidine groups is 1. The van der Waals surface area contributed by atoms with Crippen molar-refractivity contribution in [3.05, 3.63) is 54.1 Å². The van der Waals surface area contributed by atoms with Crippen molar-refractivity contribution in [2.24, 2.45) is 16.5 Å². The fourth-order valence-corrected chi connectivity index (χ4v) is 2.33. The van der Waals surface area contributed by atoms with Crippen molar-refractivity contribution in [1.82, 2.24) is 14.8 Å². The molecule has 0 saturated carbocycles. The summed E-state index contributed by atoms with van der Waals surface area (Å²) in [6.45, 7) is 1.79. The molecule has 0 atom stereocenters. The number of carbonyl (C=O) groups is 1. The van der Waals surface area contributed by atoms with E-state index in [-0.39, 0.29) is 5.96 Å². The average molecular weight is 294 g/mol. The SMILES string of the molecule is Cc1c(C(=O)N=C(N)N)cnn1-c1cccc2cnccc12. The second-order valence-corrected chi connectivity index (χ2v) is 4.77. The summed E-state index contributed by atoms with van der Waals surface area (Å²) in [5.74, 6) is -0.779. The fourth-order valence-electron chi connectivity index (χ4n) is 2.33. The highest BCUT2D eigenvalue weighted by Gasteiger charge is 2.16. The number of nitrogens with two attached hydrogens (primary N) is 2. The highest BCUT2D eigenvalue weighted by Crippen LogP contribution is 2.23. The lowest BCUT2D eigenvalue weighted by molar-refractivity contribution is 0.100. The van der Waals surface area contributed by atoms with Crippen LogP contribution in [0.3, 0.4) is 0 Å². The summed E-state index contributed by atoms with van der Waals surface area (Å²) in [6, 6.07) is 7.72. The molecule has 4 N–H and O–H groups in total. The van der Waals surface area contributed by atoms with Gasteiger partial charge in [0.25, 0.3) is 5.91 Å². The molecule has 0 radical (unpaired) electrons. The van der Waals surface area contributed by atoms with Gasteiger partial charge in [-0.2, -0.15) is 10.1 Å². The van der Waals surface area contributed by atoms with Gasteiger partial charge in [-0.25, -0.2) is 4.68 Å². The number of hydrogen-bond donors (Lipinski definition) is 2. The first kappa shape index (κ1) is 13.7. The highest BCUT2D eigenvalue weighted by atomic mass is 16.1. The molecule has 7 heteroatoms. The summed E-state index contributed by atoms with van der Waals surface area (Å²) in [7, 11) is 0. The molecular weight excluding hydrogens is 280 g/mol. The maximum Gasteiger partial charge on any atom is 0.283 e. The van der Waals surface area contributed by atoms with Crippen LogP contribution in [-0.2, 0) is 0 Å². The molecule has 110 valence electrons. The van der Waals surface area contributed by atoms with E-state index in [1.54, 1.807) is 24.0 Å². The largest absolute Gasteiger partial charge is 0.370 e. The van der Waals surface area contributed by atoms with Crippen LogP contribution in [0.2, 0.25) is 0 Å². The molecule has 0 aliphatic heterocycles. The van der Waals surface area contributed by atoms with E-state index < -0.39 is 5.91 Å². The van der Waals surface area contributed by atoms with E-state index in [2.05, 4.69) is 15.1 Å². The van der Waals surface area contributed by atoms with Crippen LogP contribution in [0.5, 0.6) is 0 Å². The number of hydrogen-bond acceptors (Lipinski definition) is 3. The zero-order chi connectivity index (χ0) is 15.7. The number of aliphatic imine (C=N–C) groups is 1. The summed E-state index contributed by atoms with van der Waals surface area (Å²) >= 11 is 0. The van der Waals surface area contributed by atoms with E-state index in [0.29, 0.717) is 11.3 Å². The third kappa shape index (κ3) is 2.28. The Hall–Kier alpha value is -3.22. The quantitative estimate of drug-likeness (QED) is 0.543. The van der Waals surface area contributed by atoms with Gasteiger partial charge in [0.15, 0.2) is 5.96 Å². The smallest absolute Gasteiger partial charge is 0.283 e. The minimum atomic E-state index is -0.509. The van der Waals surface area contributed by atoms with Crippen LogP contribution in [0, 0.1) is 6.92 Å². The second kappa shape index (κ2) is 5.28. The molecule has 2 aromatic heterocycles. The lowest BCUT2D eigenvalue weighted by Crippen LogP contribution is -2.24. The zero-order valence-electron chi connectivity index (χ0n) is 11.9. The number of nitrogens with zero attached hydrogens (tertiary/aromatic N) is 4. The average Bonchev–Trinajstić information content (AvgIpc) is 2.87. The van der Waals surface area contributed by atoms with Gasteiger partial charge >= 0.3 is 0 Å². The second-order valence-electron chi connectivity index (χ2n) is 4.77. The summed E-state index contributed by atoms with van der Waals surface area (Å²) in [6.07, 6.45) is 4.96. The number of pyridine rings is 1. The standard InChI is InChI=1S/C15H14N6O/c1-9-12(14(22)20-15(16)17)8-19-21(9)13-4-2-3-10-7-18-6-5-11(10)13/h2-8H,1H3,(H4,16,17,20,22). The summed E-state index contributed by atoms with van der Waals surface area (Å²) in [5, 5.41) is 6.27. The predicted octanol–water partition coefficient (Wildman–Crippen LogP) is 1.14. The normalized spacial score (nSPS) is 10.6. The zero-order valence-corrected chi connectivity index (χ0v) is 11.9. The fraction of sp³-hybridized carbons (Fsp3) is 0.0667. The molecule has 22 heavy (non-hydrogen) atoms. The maximum absolute atomic E-state index is 12.0. The molecule has 0 aliphatic rings. The van der Waals surface area contributed by atoms with E-state index in [1.165, 1.54) is 6.20 Å². The Morgan fingerprint density at radius 2 is 2.05 bits per heavy atom.